The van der Waals surface area contributed by atoms with Crippen molar-refractivity contribution < 1.29 is 30.8 Å². The van der Waals surface area contributed by atoms with E-state index in [-0.39, 0.29) is 23.8 Å². The van der Waals surface area contributed by atoms with Crippen molar-refractivity contribution in [2.45, 2.75) is 54.8 Å². The first-order valence-electron chi connectivity index (χ1n) is 12.7. The third-order valence-electron chi connectivity index (χ3n) is 7.79. The molecule has 0 N–H and O–H groups in total. The van der Waals surface area contributed by atoms with Gasteiger partial charge >= 0.3 is 6.18 Å². The number of Topliss-reactive ketones (excluding diaryl/α,β-unsaturated/α-hetero) is 1. The zero-order valence-corrected chi connectivity index (χ0v) is 21.6. The van der Waals surface area contributed by atoms with Gasteiger partial charge in [-0.2, -0.15) is 17.5 Å². The molecular formula is C29H25F3N2O4S. The highest BCUT2D eigenvalue weighted by atomic mass is 32.2. The largest absolute Gasteiger partial charge is 0.443 e. The number of ketones is 1. The summed E-state index contributed by atoms with van der Waals surface area (Å²) >= 11 is 0. The number of para-hydroxylation sites is 1. The summed E-state index contributed by atoms with van der Waals surface area (Å²) in [5, 5.41) is 0.511. The lowest BCUT2D eigenvalue weighted by atomic mass is 9.88. The smallest absolute Gasteiger partial charge is 0.416 e. The number of hydrogen-bond acceptors (Lipinski definition) is 5. The molecule has 0 amide bonds. The van der Waals surface area contributed by atoms with Crippen molar-refractivity contribution in [2.24, 2.45) is 0 Å². The fourth-order valence-corrected chi connectivity index (χ4v) is 7.10. The van der Waals surface area contributed by atoms with E-state index in [1.54, 1.807) is 30.5 Å². The van der Waals surface area contributed by atoms with Gasteiger partial charge in [0.05, 0.1) is 17.3 Å². The molecule has 2 aliphatic rings. The summed E-state index contributed by atoms with van der Waals surface area (Å²) in [4.78, 5) is 17.9. The van der Waals surface area contributed by atoms with Crippen molar-refractivity contribution in [3.8, 4) is 11.3 Å². The van der Waals surface area contributed by atoms with E-state index < -0.39 is 33.2 Å². The highest BCUT2D eigenvalue weighted by Gasteiger charge is 2.49. The lowest BCUT2D eigenvalue weighted by molar-refractivity contribution is -0.137. The van der Waals surface area contributed by atoms with Crippen molar-refractivity contribution in [1.29, 1.82) is 0 Å². The minimum atomic E-state index is -4.42. The maximum absolute atomic E-state index is 13.6. The van der Waals surface area contributed by atoms with Crippen molar-refractivity contribution in [1.82, 2.24) is 9.29 Å². The van der Waals surface area contributed by atoms with Crippen LogP contribution in [-0.4, -0.2) is 36.1 Å². The normalized spacial score (nSPS) is 19.4. The Balaban J connectivity index is 1.22. The summed E-state index contributed by atoms with van der Waals surface area (Å²) < 4.78 is 72.7. The van der Waals surface area contributed by atoms with E-state index >= 15 is 0 Å². The van der Waals surface area contributed by atoms with Gasteiger partial charge in [0, 0.05) is 41.6 Å². The van der Waals surface area contributed by atoms with Crippen LogP contribution in [0.5, 0.6) is 0 Å². The molecule has 0 unspecified atom stereocenters. The molecule has 1 saturated heterocycles. The molecule has 1 saturated carbocycles. The molecule has 6 nitrogen and oxygen atoms in total. The second kappa shape index (κ2) is 9.31. The van der Waals surface area contributed by atoms with E-state index in [4.69, 9.17) is 4.42 Å². The average molecular weight is 555 g/mol. The molecule has 0 spiro atoms. The molecule has 2 aromatic carbocycles. The number of pyridine rings is 1. The van der Waals surface area contributed by atoms with E-state index in [1.165, 1.54) is 22.5 Å². The van der Waals surface area contributed by atoms with Crippen LogP contribution in [0.25, 0.3) is 22.2 Å². The molecule has 1 aliphatic heterocycles. The van der Waals surface area contributed by atoms with Gasteiger partial charge < -0.3 is 4.42 Å². The Morgan fingerprint density at radius 2 is 1.79 bits per heavy atom. The predicted octanol–water partition coefficient (Wildman–Crippen LogP) is 6.36. The van der Waals surface area contributed by atoms with Gasteiger partial charge in [-0.3, -0.25) is 9.78 Å². The summed E-state index contributed by atoms with van der Waals surface area (Å²) in [5.41, 5.74) is 1.26. The summed E-state index contributed by atoms with van der Waals surface area (Å²) in [6.45, 7) is 0.246. The first-order valence-corrected chi connectivity index (χ1v) is 14.2. The molecule has 2 aromatic heterocycles. The lowest BCUT2D eigenvalue weighted by Gasteiger charge is -2.24. The monoisotopic (exact) mass is 554 g/mol. The van der Waals surface area contributed by atoms with Crippen LogP contribution in [0.2, 0.25) is 0 Å². The van der Waals surface area contributed by atoms with Crippen LogP contribution in [0.4, 0.5) is 13.2 Å². The average Bonchev–Trinajstić information content (AvgIpc) is 3.32. The number of furan rings is 1. The van der Waals surface area contributed by atoms with Crippen molar-refractivity contribution in [3.63, 3.8) is 0 Å². The summed E-state index contributed by atoms with van der Waals surface area (Å²) in [5.74, 6) is -0.141. The number of carbonyl (C=O) groups is 1. The number of fused-ring (bicyclic) bond motifs is 1. The molecule has 0 radical (unpaired) electrons. The van der Waals surface area contributed by atoms with Crippen LogP contribution in [-0.2, 0) is 26.4 Å². The zero-order chi connectivity index (χ0) is 27.4. The molecule has 1 atom stereocenters. The summed E-state index contributed by atoms with van der Waals surface area (Å²) in [6.07, 6.45) is -0.0898. The van der Waals surface area contributed by atoms with E-state index in [0.717, 1.165) is 30.5 Å². The predicted molar refractivity (Wildman–Crippen MR) is 138 cm³/mol. The second-order valence-electron chi connectivity index (χ2n) is 10.3. The van der Waals surface area contributed by atoms with Crippen molar-refractivity contribution in [2.75, 3.05) is 6.54 Å². The third-order valence-corrected chi connectivity index (χ3v) is 9.55. The van der Waals surface area contributed by atoms with Crippen LogP contribution in [0.15, 0.2) is 82.4 Å². The molecule has 4 aromatic rings. The van der Waals surface area contributed by atoms with Gasteiger partial charge in [-0.15, -0.1) is 0 Å². The zero-order valence-electron chi connectivity index (χ0n) is 20.8. The molecule has 1 aliphatic carbocycles. The minimum absolute atomic E-state index is 0.141. The van der Waals surface area contributed by atoms with Crippen molar-refractivity contribution in [3.05, 3.63) is 84.1 Å². The quantitative estimate of drug-likeness (QED) is 0.266. The molecule has 6 rings (SSSR count). The number of halogens is 3. The van der Waals surface area contributed by atoms with Crippen LogP contribution >= 0.6 is 0 Å². The molecule has 39 heavy (non-hydrogen) atoms. The molecule has 2 fully saturated rings. The van der Waals surface area contributed by atoms with Gasteiger partial charge in [-0.1, -0.05) is 30.3 Å². The number of hydrogen-bond donors (Lipinski definition) is 0. The maximum Gasteiger partial charge on any atom is 0.416 e. The van der Waals surface area contributed by atoms with E-state index in [9.17, 15) is 26.4 Å². The highest BCUT2D eigenvalue weighted by molar-refractivity contribution is 7.89. The van der Waals surface area contributed by atoms with Gasteiger partial charge in [0.25, 0.3) is 10.0 Å². The van der Waals surface area contributed by atoms with Crippen LogP contribution in [0.1, 0.15) is 43.2 Å². The Morgan fingerprint density at radius 3 is 2.49 bits per heavy atom. The number of carbonyl (C=O) groups excluding carboxylic acids is 1. The third kappa shape index (κ3) is 4.76. The minimum Gasteiger partial charge on any atom is -0.443 e. The number of benzene rings is 2. The van der Waals surface area contributed by atoms with Crippen molar-refractivity contribution >= 4 is 26.8 Å². The van der Waals surface area contributed by atoms with Crippen LogP contribution < -0.4 is 0 Å². The number of aromatic nitrogens is 1. The van der Waals surface area contributed by atoms with Crippen LogP contribution in [0.3, 0.4) is 0 Å². The SMILES string of the molecule is O=C(CC1(c2ccnc(-c3ccc(C(F)(F)F)cc3)c2)CC1)[C@@H]1CCCN1S(=O)(=O)c1cc2ccccc2o1. The standard InChI is InChI=1S/C29H25F3N2O4S/c30-29(31,32)21-9-7-19(8-10-21)23-17-22(11-14-33-23)28(12-13-28)18-25(35)24-5-3-15-34(24)39(36,37)27-16-20-4-1-2-6-26(20)38-27/h1-2,4,6-11,14,16-17,24H,3,5,12-13,15,18H2/t24-/m0/s1. The van der Waals surface area contributed by atoms with Gasteiger partial charge in [0.2, 0.25) is 5.09 Å². The number of rotatable bonds is 7. The number of alkyl halides is 3. The Hall–Kier alpha value is -3.50. The Kier molecular flexibility index (Phi) is 6.15. The maximum atomic E-state index is 13.6. The topological polar surface area (TPSA) is 80.5 Å². The van der Waals surface area contributed by atoms with E-state index in [0.29, 0.717) is 35.1 Å². The van der Waals surface area contributed by atoms with Crippen LogP contribution in [0, 0.1) is 0 Å². The van der Waals surface area contributed by atoms with Gasteiger partial charge in [0.1, 0.15) is 5.58 Å². The fraction of sp³-hybridized carbons (Fsp3) is 0.310. The number of nitrogens with zero attached hydrogens (tertiary/aromatic N) is 2. The highest BCUT2D eigenvalue weighted by Crippen LogP contribution is 2.52. The fourth-order valence-electron chi connectivity index (χ4n) is 5.47. The molecular weight excluding hydrogens is 529 g/mol. The van der Waals surface area contributed by atoms with Gasteiger partial charge in [-0.05, 0) is 61.6 Å². The summed E-state index contributed by atoms with van der Waals surface area (Å²) in [6, 6.07) is 16.2. The molecule has 3 heterocycles. The van der Waals surface area contributed by atoms with E-state index in [2.05, 4.69) is 4.98 Å². The van der Waals surface area contributed by atoms with E-state index in [1.807, 2.05) is 12.1 Å². The molecule has 202 valence electrons. The Labute approximate surface area is 223 Å². The Morgan fingerprint density at radius 1 is 1.05 bits per heavy atom. The Bertz CT molecular complexity index is 1620. The first kappa shape index (κ1) is 25.8. The molecule has 0 bridgehead atoms. The molecule has 10 heteroatoms. The van der Waals surface area contributed by atoms with Gasteiger partial charge in [-0.25, -0.2) is 8.42 Å². The lowest BCUT2D eigenvalue weighted by Crippen LogP contribution is -2.41. The summed E-state index contributed by atoms with van der Waals surface area (Å²) in [7, 11) is -4.00. The first-order chi connectivity index (χ1) is 18.6. The van der Waals surface area contributed by atoms with Gasteiger partial charge in [0.15, 0.2) is 5.78 Å². The number of sulfonamides is 1. The second-order valence-corrected chi connectivity index (χ2v) is 12.1.